The van der Waals surface area contributed by atoms with Gasteiger partial charge >= 0.3 is 6.03 Å². The van der Waals surface area contributed by atoms with Gasteiger partial charge in [0.1, 0.15) is 0 Å². The Kier molecular flexibility index (Phi) is 4.51. The largest absolute Gasteiger partial charge is 0.352 e. The van der Waals surface area contributed by atoms with Gasteiger partial charge in [-0.15, -0.1) is 10.2 Å². The van der Waals surface area contributed by atoms with E-state index < -0.39 is 0 Å². The van der Waals surface area contributed by atoms with E-state index >= 15 is 0 Å². The summed E-state index contributed by atoms with van der Waals surface area (Å²) in [4.78, 5) is 16.3. The Bertz CT molecular complexity index is 840. The normalized spacial score (nSPS) is 14.3. The third kappa shape index (κ3) is 3.51. The van der Waals surface area contributed by atoms with E-state index in [9.17, 15) is 4.79 Å². The SMILES string of the molecule is O=C(Nc1ccccc1)N1CCN(c2ccc(-n3cccc3)nn2)CC1. The highest BCUT2D eigenvalue weighted by Gasteiger charge is 2.22. The number of hydrogen-bond donors (Lipinski definition) is 1. The molecule has 2 amide bonds. The minimum atomic E-state index is -0.0649. The van der Waals surface area contributed by atoms with Crippen LogP contribution in [0.25, 0.3) is 5.82 Å². The second-order valence-corrected chi connectivity index (χ2v) is 6.11. The van der Waals surface area contributed by atoms with Crippen molar-refractivity contribution in [1.29, 1.82) is 0 Å². The lowest BCUT2D eigenvalue weighted by molar-refractivity contribution is 0.208. The molecule has 1 saturated heterocycles. The van der Waals surface area contributed by atoms with Crippen LogP contribution in [0.1, 0.15) is 0 Å². The average molecular weight is 348 g/mol. The molecule has 2 aromatic heterocycles. The van der Waals surface area contributed by atoms with Crippen molar-refractivity contribution in [3.63, 3.8) is 0 Å². The molecule has 132 valence electrons. The van der Waals surface area contributed by atoms with Crippen molar-refractivity contribution in [2.24, 2.45) is 0 Å². The molecule has 0 spiro atoms. The van der Waals surface area contributed by atoms with Crippen LogP contribution < -0.4 is 10.2 Å². The molecule has 1 N–H and O–H groups in total. The molecule has 1 fully saturated rings. The second kappa shape index (κ2) is 7.26. The molecule has 0 radical (unpaired) electrons. The number of hydrogen-bond acceptors (Lipinski definition) is 4. The molecular formula is C19H20N6O. The second-order valence-electron chi connectivity index (χ2n) is 6.11. The third-order valence-corrected chi connectivity index (χ3v) is 4.42. The Labute approximate surface area is 151 Å². The summed E-state index contributed by atoms with van der Waals surface area (Å²) in [6, 6.07) is 17.3. The molecule has 3 aromatic rings. The van der Waals surface area contributed by atoms with E-state index in [2.05, 4.69) is 20.4 Å². The van der Waals surface area contributed by atoms with Crippen LogP contribution in [0, 0.1) is 0 Å². The fourth-order valence-corrected chi connectivity index (χ4v) is 2.97. The van der Waals surface area contributed by atoms with Gasteiger partial charge in [-0.2, -0.15) is 0 Å². The maximum absolute atomic E-state index is 12.4. The molecule has 0 unspecified atom stereocenters. The van der Waals surface area contributed by atoms with Gasteiger partial charge in [-0.1, -0.05) is 18.2 Å². The van der Waals surface area contributed by atoms with Gasteiger partial charge in [0.05, 0.1) is 0 Å². The van der Waals surface area contributed by atoms with E-state index in [1.807, 2.05) is 76.5 Å². The van der Waals surface area contributed by atoms with Crippen LogP contribution >= 0.6 is 0 Å². The lowest BCUT2D eigenvalue weighted by Crippen LogP contribution is -2.50. The van der Waals surface area contributed by atoms with Crippen molar-refractivity contribution in [2.75, 3.05) is 36.4 Å². The van der Waals surface area contributed by atoms with E-state index in [-0.39, 0.29) is 6.03 Å². The summed E-state index contributed by atoms with van der Waals surface area (Å²) >= 11 is 0. The van der Waals surface area contributed by atoms with Gasteiger partial charge in [0.15, 0.2) is 11.6 Å². The molecule has 3 heterocycles. The first-order chi connectivity index (χ1) is 12.8. The van der Waals surface area contributed by atoms with Gasteiger partial charge in [0.25, 0.3) is 0 Å². The predicted molar refractivity (Wildman–Crippen MR) is 101 cm³/mol. The molecule has 0 saturated carbocycles. The zero-order valence-electron chi connectivity index (χ0n) is 14.3. The zero-order chi connectivity index (χ0) is 17.8. The van der Waals surface area contributed by atoms with Crippen LogP contribution in [0.3, 0.4) is 0 Å². The standard InChI is InChI=1S/C19H20N6O/c26-19(20-16-6-2-1-3-7-16)25-14-12-24(13-15-25)18-9-8-17(21-22-18)23-10-4-5-11-23/h1-11H,12-15H2,(H,20,26). The van der Waals surface area contributed by atoms with Crippen molar-refractivity contribution in [2.45, 2.75) is 0 Å². The Hall–Kier alpha value is -3.35. The first-order valence-corrected chi connectivity index (χ1v) is 8.62. The third-order valence-electron chi connectivity index (χ3n) is 4.42. The molecule has 0 atom stereocenters. The lowest BCUT2D eigenvalue weighted by Gasteiger charge is -2.35. The summed E-state index contributed by atoms with van der Waals surface area (Å²) in [5.74, 6) is 1.63. The van der Waals surface area contributed by atoms with Crippen LogP contribution in [-0.4, -0.2) is 51.9 Å². The van der Waals surface area contributed by atoms with E-state index in [1.54, 1.807) is 0 Å². The summed E-state index contributed by atoms with van der Waals surface area (Å²) in [6.07, 6.45) is 3.88. The number of carbonyl (C=O) groups is 1. The Balaban J connectivity index is 1.34. The van der Waals surface area contributed by atoms with E-state index in [0.29, 0.717) is 13.1 Å². The quantitative estimate of drug-likeness (QED) is 0.790. The Morgan fingerprint density at radius 1 is 0.808 bits per heavy atom. The number of amides is 2. The summed E-state index contributed by atoms with van der Waals surface area (Å²) in [6.45, 7) is 2.78. The van der Waals surface area contributed by atoms with Crippen molar-refractivity contribution in [3.8, 4) is 5.82 Å². The fraction of sp³-hybridized carbons (Fsp3) is 0.211. The minimum Gasteiger partial charge on any atom is -0.352 e. The molecule has 4 rings (SSSR count). The number of nitrogens with one attached hydrogen (secondary N) is 1. The topological polar surface area (TPSA) is 66.3 Å². The minimum absolute atomic E-state index is 0.0649. The van der Waals surface area contributed by atoms with Gasteiger partial charge < -0.3 is 19.7 Å². The van der Waals surface area contributed by atoms with Crippen LogP contribution in [0.2, 0.25) is 0 Å². The molecule has 7 nitrogen and oxygen atoms in total. The van der Waals surface area contributed by atoms with Crippen molar-refractivity contribution in [3.05, 3.63) is 67.0 Å². The van der Waals surface area contributed by atoms with E-state index in [4.69, 9.17) is 0 Å². The number of rotatable bonds is 3. The number of anilines is 2. The predicted octanol–water partition coefficient (Wildman–Crippen LogP) is 2.62. The number of benzene rings is 1. The van der Waals surface area contributed by atoms with Crippen LogP contribution in [0.15, 0.2) is 67.0 Å². The smallest absolute Gasteiger partial charge is 0.321 e. The van der Waals surface area contributed by atoms with Crippen LogP contribution in [0.5, 0.6) is 0 Å². The van der Waals surface area contributed by atoms with Gasteiger partial charge in [0.2, 0.25) is 0 Å². The summed E-state index contributed by atoms with van der Waals surface area (Å²) in [5.41, 5.74) is 0.811. The maximum atomic E-state index is 12.4. The Morgan fingerprint density at radius 2 is 1.46 bits per heavy atom. The van der Waals surface area contributed by atoms with E-state index in [1.165, 1.54) is 0 Å². The summed E-state index contributed by atoms with van der Waals surface area (Å²) in [7, 11) is 0. The Morgan fingerprint density at radius 3 is 2.12 bits per heavy atom. The first-order valence-electron chi connectivity index (χ1n) is 8.62. The number of piperazine rings is 1. The summed E-state index contributed by atoms with van der Waals surface area (Å²) < 4.78 is 1.92. The highest BCUT2D eigenvalue weighted by Crippen LogP contribution is 2.15. The summed E-state index contributed by atoms with van der Waals surface area (Å²) in [5, 5.41) is 11.5. The van der Waals surface area contributed by atoms with Crippen molar-refractivity contribution < 1.29 is 4.79 Å². The van der Waals surface area contributed by atoms with Gasteiger partial charge in [-0.05, 0) is 36.4 Å². The molecule has 1 aliphatic rings. The van der Waals surface area contributed by atoms with Gasteiger partial charge in [-0.25, -0.2) is 4.79 Å². The zero-order valence-corrected chi connectivity index (χ0v) is 14.3. The molecule has 0 aliphatic carbocycles. The lowest BCUT2D eigenvalue weighted by atomic mass is 10.3. The molecule has 1 aliphatic heterocycles. The number of carbonyl (C=O) groups excluding carboxylic acids is 1. The fourth-order valence-electron chi connectivity index (χ4n) is 2.97. The monoisotopic (exact) mass is 348 g/mol. The maximum Gasteiger partial charge on any atom is 0.321 e. The molecule has 1 aromatic carbocycles. The van der Waals surface area contributed by atoms with Crippen LogP contribution in [-0.2, 0) is 0 Å². The van der Waals surface area contributed by atoms with Crippen molar-refractivity contribution in [1.82, 2.24) is 19.7 Å². The van der Waals surface area contributed by atoms with Gasteiger partial charge in [-0.3, -0.25) is 0 Å². The van der Waals surface area contributed by atoms with Crippen molar-refractivity contribution >= 4 is 17.5 Å². The highest BCUT2D eigenvalue weighted by molar-refractivity contribution is 5.89. The molecule has 7 heteroatoms. The average Bonchev–Trinajstić information content (AvgIpc) is 3.24. The van der Waals surface area contributed by atoms with E-state index in [0.717, 1.165) is 30.4 Å². The number of para-hydroxylation sites is 1. The van der Waals surface area contributed by atoms with Gasteiger partial charge in [0, 0.05) is 44.3 Å². The molecular weight excluding hydrogens is 328 g/mol. The molecule has 26 heavy (non-hydrogen) atoms. The van der Waals surface area contributed by atoms with Crippen LogP contribution in [0.4, 0.5) is 16.3 Å². The number of urea groups is 1. The first kappa shape index (κ1) is 16.1. The number of nitrogens with zero attached hydrogens (tertiary/aromatic N) is 5. The highest BCUT2D eigenvalue weighted by atomic mass is 16.2. The number of aromatic nitrogens is 3. The molecule has 0 bridgehead atoms.